The highest BCUT2D eigenvalue weighted by atomic mass is 19.3. The Balaban J connectivity index is 3.30. The van der Waals surface area contributed by atoms with Crippen LogP contribution in [0.25, 0.3) is 0 Å². The summed E-state index contributed by atoms with van der Waals surface area (Å²) in [7, 11) is 1.29. The molecule has 94 valence electrons. The van der Waals surface area contributed by atoms with E-state index >= 15 is 0 Å². The number of hydrogen-bond donors (Lipinski definition) is 1. The number of anilines is 1. The number of hydrogen-bond acceptors (Lipinski definition) is 4. The number of aromatic nitrogens is 1. The van der Waals surface area contributed by atoms with Gasteiger partial charge in [0.1, 0.15) is 0 Å². The van der Waals surface area contributed by atoms with E-state index in [0.717, 1.165) is 0 Å². The van der Waals surface area contributed by atoms with Gasteiger partial charge in [-0.25, -0.2) is 13.8 Å². The number of halogens is 4. The summed E-state index contributed by atoms with van der Waals surface area (Å²) in [6.45, 7) is 0. The maximum atomic E-state index is 12.9. The van der Waals surface area contributed by atoms with Crippen molar-refractivity contribution >= 4 is 11.5 Å². The van der Waals surface area contributed by atoms with Crippen molar-refractivity contribution in [1.82, 2.24) is 4.98 Å². The van der Waals surface area contributed by atoms with Crippen LogP contribution in [0.2, 0.25) is 0 Å². The quantitative estimate of drug-likeness (QED) is 0.508. The van der Waals surface area contributed by atoms with Gasteiger partial charge in [-0.2, -0.15) is 8.78 Å². The van der Waals surface area contributed by atoms with E-state index in [9.17, 15) is 27.7 Å². The first-order valence-corrected chi connectivity index (χ1v) is 4.29. The third kappa shape index (κ3) is 2.43. The van der Waals surface area contributed by atoms with Gasteiger partial charge in [0.15, 0.2) is 0 Å². The van der Waals surface area contributed by atoms with Crippen LogP contribution < -0.4 is 5.32 Å². The van der Waals surface area contributed by atoms with Crippen LogP contribution in [0.4, 0.5) is 29.1 Å². The Hall–Kier alpha value is -1.93. The average molecular weight is 253 g/mol. The van der Waals surface area contributed by atoms with Crippen LogP contribution in [0.1, 0.15) is 5.56 Å². The van der Waals surface area contributed by atoms with Crippen LogP contribution in [0, 0.1) is 10.1 Å². The highest BCUT2D eigenvalue weighted by Gasteiger charge is 2.44. The number of pyridine rings is 1. The molecule has 0 bridgehead atoms. The van der Waals surface area contributed by atoms with Crippen LogP contribution in [0.5, 0.6) is 0 Å². The van der Waals surface area contributed by atoms with Gasteiger partial charge in [-0.05, 0) is 0 Å². The smallest absolute Gasteiger partial charge is 0.334 e. The lowest BCUT2D eigenvalue weighted by atomic mass is 10.1. The zero-order valence-corrected chi connectivity index (χ0v) is 8.45. The summed E-state index contributed by atoms with van der Waals surface area (Å²) in [5.74, 6) is -4.74. The second-order valence-corrected chi connectivity index (χ2v) is 3.02. The fraction of sp³-hybridized carbons (Fsp3) is 0.375. The van der Waals surface area contributed by atoms with Crippen molar-refractivity contribution in [1.29, 1.82) is 0 Å². The zero-order valence-electron chi connectivity index (χ0n) is 8.45. The lowest BCUT2D eigenvalue weighted by Crippen LogP contribution is -2.24. The maximum Gasteiger partial charge on any atom is 0.334 e. The molecule has 1 aromatic heterocycles. The van der Waals surface area contributed by atoms with Crippen LogP contribution in [-0.4, -0.2) is 23.4 Å². The van der Waals surface area contributed by atoms with Crippen molar-refractivity contribution in [2.75, 3.05) is 12.4 Å². The largest absolute Gasteiger partial charge is 0.367 e. The van der Waals surface area contributed by atoms with Crippen LogP contribution >= 0.6 is 0 Å². The van der Waals surface area contributed by atoms with Crippen molar-refractivity contribution in [2.45, 2.75) is 12.3 Å². The van der Waals surface area contributed by atoms with E-state index in [0.29, 0.717) is 12.3 Å². The Morgan fingerprint density at radius 1 is 1.53 bits per heavy atom. The zero-order chi connectivity index (χ0) is 13.2. The lowest BCUT2D eigenvalue weighted by Gasteiger charge is -2.15. The number of nitrogens with one attached hydrogen (secondary N) is 1. The molecule has 5 nitrogen and oxygen atoms in total. The van der Waals surface area contributed by atoms with E-state index in [2.05, 4.69) is 10.3 Å². The predicted octanol–water partition coefficient (Wildman–Crippen LogP) is 2.39. The lowest BCUT2D eigenvalue weighted by molar-refractivity contribution is -0.384. The second kappa shape index (κ2) is 4.52. The molecule has 1 heterocycles. The molecule has 0 amide bonds. The van der Waals surface area contributed by atoms with E-state index < -0.39 is 28.5 Å². The first-order chi connectivity index (χ1) is 7.80. The summed E-state index contributed by atoms with van der Waals surface area (Å²) in [5.41, 5.74) is -1.98. The van der Waals surface area contributed by atoms with Gasteiger partial charge in [0, 0.05) is 19.3 Å². The van der Waals surface area contributed by atoms with Crippen molar-refractivity contribution in [2.24, 2.45) is 0 Å². The molecular formula is C8H7F4N3O2. The van der Waals surface area contributed by atoms with Gasteiger partial charge in [-0.15, -0.1) is 0 Å². The van der Waals surface area contributed by atoms with E-state index in [1.54, 1.807) is 0 Å². The molecule has 0 aliphatic heterocycles. The van der Waals surface area contributed by atoms with Gasteiger partial charge in [0.2, 0.25) is 5.82 Å². The number of alkyl halides is 4. The summed E-state index contributed by atoms with van der Waals surface area (Å²) >= 11 is 0. The fourth-order valence-corrected chi connectivity index (χ4v) is 1.09. The molecule has 0 atom stereocenters. The molecule has 1 aromatic rings. The summed E-state index contributed by atoms with van der Waals surface area (Å²) in [4.78, 5) is 12.8. The van der Waals surface area contributed by atoms with E-state index in [1.165, 1.54) is 7.05 Å². The Labute approximate surface area is 92.6 Å². The number of rotatable bonds is 4. The van der Waals surface area contributed by atoms with Crippen molar-refractivity contribution in [3.63, 3.8) is 0 Å². The molecule has 0 aliphatic carbocycles. The van der Waals surface area contributed by atoms with Crippen molar-refractivity contribution < 1.29 is 22.5 Å². The van der Waals surface area contributed by atoms with E-state index in [4.69, 9.17) is 0 Å². The summed E-state index contributed by atoms with van der Waals surface area (Å²) in [5, 5.41) is 12.8. The molecule has 0 spiro atoms. The molecule has 0 saturated heterocycles. The third-order valence-corrected chi connectivity index (χ3v) is 1.96. The van der Waals surface area contributed by atoms with Gasteiger partial charge in [-0.1, -0.05) is 0 Å². The minimum atomic E-state index is -4.47. The Morgan fingerprint density at radius 2 is 2.12 bits per heavy atom. The minimum Gasteiger partial charge on any atom is -0.367 e. The highest BCUT2D eigenvalue weighted by molar-refractivity contribution is 5.56. The molecule has 0 fully saturated rings. The van der Waals surface area contributed by atoms with Crippen LogP contribution in [0.15, 0.2) is 12.3 Å². The average Bonchev–Trinajstić information content (AvgIpc) is 2.27. The first kappa shape index (κ1) is 13.1. The summed E-state index contributed by atoms with van der Waals surface area (Å²) in [6, 6.07) is 0.380. The summed E-state index contributed by atoms with van der Waals surface area (Å²) < 4.78 is 49.9. The molecule has 1 rings (SSSR count). The Bertz CT molecular complexity index is 439. The minimum absolute atomic E-state index is 0.274. The Morgan fingerprint density at radius 3 is 2.53 bits per heavy atom. The maximum absolute atomic E-state index is 12.9. The highest BCUT2D eigenvalue weighted by Crippen LogP contribution is 2.36. The standard InChI is InChI=1S/C8H7F4N3O2/c1-13-6-5(15(16)17)2-4(3-14-6)8(11,12)7(9)10/h2-3,7H,1H3,(H,13,14). The fourth-order valence-electron chi connectivity index (χ4n) is 1.09. The monoisotopic (exact) mass is 253 g/mol. The van der Waals surface area contributed by atoms with Gasteiger partial charge in [-0.3, -0.25) is 10.1 Å². The van der Waals surface area contributed by atoms with Gasteiger partial charge < -0.3 is 5.32 Å². The second-order valence-electron chi connectivity index (χ2n) is 3.02. The van der Waals surface area contributed by atoms with Crippen LogP contribution in [-0.2, 0) is 5.92 Å². The first-order valence-electron chi connectivity index (χ1n) is 4.29. The van der Waals surface area contributed by atoms with Crippen molar-refractivity contribution in [3.8, 4) is 0 Å². The summed E-state index contributed by atoms with van der Waals surface area (Å²) in [6.07, 6.45) is -3.48. The molecular weight excluding hydrogens is 246 g/mol. The van der Waals surface area contributed by atoms with Gasteiger partial charge >= 0.3 is 18.0 Å². The Kier molecular flexibility index (Phi) is 3.49. The molecule has 0 aromatic carbocycles. The van der Waals surface area contributed by atoms with E-state index in [-0.39, 0.29) is 5.82 Å². The molecule has 0 aliphatic rings. The van der Waals surface area contributed by atoms with Gasteiger partial charge in [0.05, 0.1) is 10.5 Å². The number of nitrogens with zero attached hydrogens (tertiary/aromatic N) is 2. The predicted molar refractivity (Wildman–Crippen MR) is 50.3 cm³/mol. The third-order valence-electron chi connectivity index (χ3n) is 1.96. The topological polar surface area (TPSA) is 68.1 Å². The molecule has 0 unspecified atom stereocenters. The van der Waals surface area contributed by atoms with E-state index in [1.807, 2.05) is 0 Å². The molecule has 9 heteroatoms. The molecule has 0 saturated carbocycles. The van der Waals surface area contributed by atoms with Crippen LogP contribution in [0.3, 0.4) is 0 Å². The number of nitro groups is 1. The normalized spacial score (nSPS) is 11.6. The van der Waals surface area contributed by atoms with Crippen molar-refractivity contribution in [3.05, 3.63) is 27.9 Å². The van der Waals surface area contributed by atoms with Gasteiger partial charge in [0.25, 0.3) is 0 Å². The SMILES string of the molecule is CNc1ncc(C(F)(F)C(F)F)cc1[N+](=O)[O-]. The molecule has 17 heavy (non-hydrogen) atoms. The molecule has 1 N–H and O–H groups in total. The molecule has 0 radical (unpaired) electrons.